The molecular weight excluding hydrogens is 310 g/mol. The Morgan fingerprint density at radius 1 is 1.17 bits per heavy atom. The van der Waals surface area contributed by atoms with E-state index < -0.39 is 17.9 Å². The molecule has 0 aliphatic carbocycles. The number of aliphatic hydroxyl groups excluding tert-OH is 1. The molecule has 0 spiro atoms. The molecule has 0 saturated carbocycles. The lowest BCUT2D eigenvalue weighted by Crippen LogP contribution is -3.15. The van der Waals surface area contributed by atoms with E-state index in [1.165, 1.54) is 4.90 Å². The van der Waals surface area contributed by atoms with Crippen LogP contribution in [0.25, 0.3) is 0 Å². The molecular formula is C17H22N3O4+. The summed E-state index contributed by atoms with van der Waals surface area (Å²) < 4.78 is 0. The Balaban J connectivity index is 1.69. The van der Waals surface area contributed by atoms with Crippen molar-refractivity contribution in [2.45, 2.75) is 13.0 Å². The number of benzene rings is 1. The molecule has 7 nitrogen and oxygen atoms in total. The van der Waals surface area contributed by atoms with Gasteiger partial charge in [0.15, 0.2) is 0 Å². The quantitative estimate of drug-likeness (QED) is 0.650. The van der Waals surface area contributed by atoms with Crippen molar-refractivity contribution in [1.29, 1.82) is 0 Å². The summed E-state index contributed by atoms with van der Waals surface area (Å²) >= 11 is 0. The van der Waals surface area contributed by atoms with Crippen molar-refractivity contribution >= 4 is 17.7 Å². The van der Waals surface area contributed by atoms with Gasteiger partial charge in [-0.15, -0.1) is 0 Å². The third-order valence-corrected chi connectivity index (χ3v) is 4.82. The summed E-state index contributed by atoms with van der Waals surface area (Å²) in [6, 6.07) is 5.84. The number of aliphatic hydroxyl groups is 1. The number of nitrogens with one attached hydrogen (secondary N) is 1. The van der Waals surface area contributed by atoms with Crippen LogP contribution in [0, 0.1) is 0 Å². The number of imide groups is 1. The molecule has 0 aromatic heterocycles. The first-order chi connectivity index (χ1) is 11.5. The number of carbonyl (C=O) groups excluding carboxylic acids is 3. The van der Waals surface area contributed by atoms with Gasteiger partial charge in [0, 0.05) is 0 Å². The summed E-state index contributed by atoms with van der Waals surface area (Å²) in [6.07, 6.45) is 0. The predicted molar refractivity (Wildman–Crippen MR) is 85.6 cm³/mol. The zero-order valence-electron chi connectivity index (χ0n) is 13.7. The SMILES string of the molecule is CC(C(=O)N1CC[NH+](CCO)CC1)N1C(=O)c2ccccc2C1=O. The maximum absolute atomic E-state index is 12.7. The van der Waals surface area contributed by atoms with Crippen molar-refractivity contribution in [1.82, 2.24) is 9.80 Å². The van der Waals surface area contributed by atoms with E-state index in [1.807, 2.05) is 0 Å². The van der Waals surface area contributed by atoms with Crippen molar-refractivity contribution in [3.05, 3.63) is 35.4 Å². The molecule has 1 saturated heterocycles. The monoisotopic (exact) mass is 332 g/mol. The summed E-state index contributed by atoms with van der Waals surface area (Å²) in [5.41, 5.74) is 0.721. The van der Waals surface area contributed by atoms with Crippen molar-refractivity contribution in [2.75, 3.05) is 39.3 Å². The van der Waals surface area contributed by atoms with Crippen LogP contribution in [-0.2, 0) is 4.79 Å². The number of hydrogen-bond donors (Lipinski definition) is 2. The summed E-state index contributed by atoms with van der Waals surface area (Å²) in [4.78, 5) is 41.7. The molecule has 7 heteroatoms. The zero-order valence-corrected chi connectivity index (χ0v) is 13.7. The molecule has 1 unspecified atom stereocenters. The van der Waals surface area contributed by atoms with E-state index in [-0.39, 0.29) is 12.5 Å². The number of piperazine rings is 1. The Morgan fingerprint density at radius 2 is 1.71 bits per heavy atom. The van der Waals surface area contributed by atoms with Crippen molar-refractivity contribution < 1.29 is 24.4 Å². The van der Waals surface area contributed by atoms with Crippen molar-refractivity contribution in [3.8, 4) is 0 Å². The first-order valence-corrected chi connectivity index (χ1v) is 8.24. The van der Waals surface area contributed by atoms with Crippen LogP contribution in [0.2, 0.25) is 0 Å². The van der Waals surface area contributed by atoms with Crippen molar-refractivity contribution in [2.24, 2.45) is 0 Å². The minimum absolute atomic E-state index is 0.134. The zero-order chi connectivity index (χ0) is 17.3. The molecule has 3 rings (SSSR count). The summed E-state index contributed by atoms with van der Waals surface area (Å²) in [7, 11) is 0. The summed E-state index contributed by atoms with van der Waals surface area (Å²) in [6.45, 7) is 5.09. The molecule has 1 fully saturated rings. The van der Waals surface area contributed by atoms with Gasteiger partial charge in [-0.2, -0.15) is 0 Å². The van der Waals surface area contributed by atoms with Gasteiger partial charge in [-0.1, -0.05) is 12.1 Å². The number of hydrogen-bond acceptors (Lipinski definition) is 4. The Hall–Kier alpha value is -2.25. The fourth-order valence-corrected chi connectivity index (χ4v) is 3.39. The second-order valence-electron chi connectivity index (χ2n) is 6.25. The number of quaternary nitrogens is 1. The van der Waals surface area contributed by atoms with Crippen LogP contribution in [0.5, 0.6) is 0 Å². The van der Waals surface area contributed by atoms with Gasteiger partial charge in [0.05, 0.1) is 43.9 Å². The second-order valence-corrected chi connectivity index (χ2v) is 6.25. The van der Waals surface area contributed by atoms with Crippen LogP contribution >= 0.6 is 0 Å². The average molecular weight is 332 g/mol. The topological polar surface area (TPSA) is 82.4 Å². The van der Waals surface area contributed by atoms with Gasteiger partial charge in [0.2, 0.25) is 5.91 Å². The highest BCUT2D eigenvalue weighted by atomic mass is 16.3. The highest BCUT2D eigenvalue weighted by Crippen LogP contribution is 2.25. The molecule has 2 aliphatic rings. The van der Waals surface area contributed by atoms with Crippen LogP contribution in [0.3, 0.4) is 0 Å². The molecule has 3 amide bonds. The Bertz CT molecular complexity index is 633. The minimum Gasteiger partial charge on any atom is -0.391 e. The minimum atomic E-state index is -0.809. The highest BCUT2D eigenvalue weighted by molar-refractivity contribution is 6.22. The lowest BCUT2D eigenvalue weighted by Gasteiger charge is -2.34. The van der Waals surface area contributed by atoms with E-state index in [9.17, 15) is 14.4 Å². The largest absolute Gasteiger partial charge is 0.391 e. The summed E-state index contributed by atoms with van der Waals surface area (Å²) in [5, 5.41) is 8.99. The van der Waals surface area contributed by atoms with Crippen LogP contribution in [-0.4, -0.2) is 78.0 Å². The number of amides is 3. The first-order valence-electron chi connectivity index (χ1n) is 8.24. The van der Waals surface area contributed by atoms with Crippen molar-refractivity contribution in [3.63, 3.8) is 0 Å². The predicted octanol–water partition coefficient (Wildman–Crippen LogP) is -1.61. The van der Waals surface area contributed by atoms with E-state index in [0.29, 0.717) is 30.8 Å². The van der Waals surface area contributed by atoms with Gasteiger partial charge < -0.3 is 14.9 Å². The third-order valence-electron chi connectivity index (χ3n) is 4.82. The second kappa shape index (κ2) is 6.70. The van der Waals surface area contributed by atoms with Crippen LogP contribution in [0.1, 0.15) is 27.6 Å². The van der Waals surface area contributed by atoms with E-state index in [2.05, 4.69) is 0 Å². The normalized spacial score (nSPS) is 19.6. The Labute approximate surface area is 140 Å². The third kappa shape index (κ3) is 2.81. The standard InChI is InChI=1S/C17H21N3O4/c1-12(15(22)19-8-6-18(7-9-19)10-11-21)20-16(23)13-4-2-3-5-14(13)17(20)24/h2-5,12,21H,6-11H2,1H3/p+1. The molecule has 1 atom stereocenters. The Morgan fingerprint density at radius 3 is 2.21 bits per heavy atom. The molecule has 0 radical (unpaired) electrons. The molecule has 128 valence electrons. The van der Waals surface area contributed by atoms with Crippen LogP contribution in [0.15, 0.2) is 24.3 Å². The first kappa shape index (κ1) is 16.6. The molecule has 1 aromatic carbocycles. The van der Waals surface area contributed by atoms with E-state index in [0.717, 1.165) is 18.0 Å². The number of carbonyl (C=O) groups is 3. The summed E-state index contributed by atoms with van der Waals surface area (Å²) in [5.74, 6) is -1.01. The van der Waals surface area contributed by atoms with Gasteiger partial charge >= 0.3 is 0 Å². The fraction of sp³-hybridized carbons (Fsp3) is 0.471. The van der Waals surface area contributed by atoms with Gasteiger partial charge in [-0.3, -0.25) is 19.3 Å². The smallest absolute Gasteiger partial charge is 0.262 e. The van der Waals surface area contributed by atoms with Gasteiger partial charge in [-0.25, -0.2) is 0 Å². The van der Waals surface area contributed by atoms with Gasteiger partial charge in [0.1, 0.15) is 12.6 Å². The van der Waals surface area contributed by atoms with E-state index >= 15 is 0 Å². The molecule has 0 bridgehead atoms. The maximum atomic E-state index is 12.7. The molecule has 2 aliphatic heterocycles. The molecule has 2 heterocycles. The lowest BCUT2D eigenvalue weighted by molar-refractivity contribution is -0.904. The van der Waals surface area contributed by atoms with Gasteiger partial charge in [0.25, 0.3) is 11.8 Å². The number of fused-ring (bicyclic) bond motifs is 1. The van der Waals surface area contributed by atoms with Crippen LogP contribution < -0.4 is 4.90 Å². The highest BCUT2D eigenvalue weighted by Gasteiger charge is 2.42. The molecule has 1 aromatic rings. The Kier molecular flexibility index (Phi) is 4.64. The maximum Gasteiger partial charge on any atom is 0.262 e. The van der Waals surface area contributed by atoms with Gasteiger partial charge in [-0.05, 0) is 19.1 Å². The fourth-order valence-electron chi connectivity index (χ4n) is 3.39. The average Bonchev–Trinajstić information content (AvgIpc) is 2.86. The lowest BCUT2D eigenvalue weighted by atomic mass is 10.1. The molecule has 2 N–H and O–H groups in total. The number of rotatable bonds is 4. The van der Waals surface area contributed by atoms with E-state index in [1.54, 1.807) is 36.1 Å². The number of nitrogens with zero attached hydrogens (tertiary/aromatic N) is 2. The molecule has 24 heavy (non-hydrogen) atoms. The van der Waals surface area contributed by atoms with Crippen LogP contribution in [0.4, 0.5) is 0 Å². The van der Waals surface area contributed by atoms with E-state index in [4.69, 9.17) is 5.11 Å².